The number of hydrogen-bond donors (Lipinski definition) is 4. The van der Waals surface area contributed by atoms with Gasteiger partial charge >= 0.3 is 47.5 Å². The van der Waals surface area contributed by atoms with E-state index in [2.05, 4.69) is 109 Å². The van der Waals surface area contributed by atoms with Gasteiger partial charge in [0.1, 0.15) is 12.4 Å². The number of aromatic nitrogens is 3. The first-order valence-electron chi connectivity index (χ1n) is 16.3. The van der Waals surface area contributed by atoms with Crippen molar-refractivity contribution in [3.63, 3.8) is 0 Å². The number of hydrogen-bond acceptors (Lipinski definition) is 15. The molecule has 0 aromatic carbocycles. The number of thiophene rings is 4. The molecule has 7 rings (SSSR count). The Kier molecular flexibility index (Phi) is 39.4. The molecule has 0 unspecified atom stereocenters. The quantitative estimate of drug-likeness (QED) is 0.0911. The van der Waals surface area contributed by atoms with Crippen LogP contribution in [0.5, 0.6) is 0 Å². The van der Waals surface area contributed by atoms with E-state index in [0.29, 0.717) is 46.6 Å². The van der Waals surface area contributed by atoms with E-state index >= 15 is 0 Å². The van der Waals surface area contributed by atoms with Crippen molar-refractivity contribution in [2.45, 2.75) is 44.7 Å². The monoisotopic (exact) mass is 1180 g/mol. The first kappa shape index (κ1) is 62.6. The average Bonchev–Trinajstić information content (AvgIpc) is 4.07. The van der Waals surface area contributed by atoms with Gasteiger partial charge in [-0.15, -0.1) is 16.1 Å². The van der Waals surface area contributed by atoms with E-state index in [1.54, 1.807) is 57.6 Å². The zero-order valence-electron chi connectivity index (χ0n) is 32.3. The summed E-state index contributed by atoms with van der Waals surface area (Å²) in [6, 6.07) is 1.41. The molecule has 1 saturated carbocycles. The van der Waals surface area contributed by atoms with Crippen LogP contribution in [-0.2, 0) is 4.74 Å². The van der Waals surface area contributed by atoms with Gasteiger partial charge in [0, 0.05) is 94.6 Å². The Hall–Kier alpha value is -1.72. The molecule has 2 atom stereocenters. The third-order valence-electron chi connectivity index (χ3n) is 6.98. The number of rotatable bonds is 7. The molecule has 6 heterocycles. The van der Waals surface area contributed by atoms with Crippen molar-refractivity contribution in [3.05, 3.63) is 90.0 Å². The number of nitrogens with zero attached hydrogens (tertiary/aromatic N) is 5. The molecule has 1 aliphatic heterocycles. The van der Waals surface area contributed by atoms with Crippen LogP contribution in [0.2, 0.25) is 0 Å². The molecule has 0 saturated heterocycles. The van der Waals surface area contributed by atoms with Crippen LogP contribution >= 0.6 is 109 Å². The molecule has 0 radical (unpaired) electrons. The van der Waals surface area contributed by atoms with Crippen LogP contribution < -0.4 is 40.2 Å². The van der Waals surface area contributed by atoms with Crippen molar-refractivity contribution >= 4 is 139 Å². The number of aromatic carboxylic acids is 2. The summed E-state index contributed by atoms with van der Waals surface area (Å²) in [5, 5.41) is 45.9. The predicted molar refractivity (Wildman–Crippen MR) is 246 cm³/mol. The van der Waals surface area contributed by atoms with E-state index in [0.717, 1.165) is 13.4 Å². The van der Waals surface area contributed by atoms with Gasteiger partial charge in [-0.1, -0.05) is 12.8 Å². The second-order valence-electron chi connectivity index (χ2n) is 10.5. The smallest absolute Gasteiger partial charge is 0.870 e. The molecule has 26 heteroatoms. The fourth-order valence-corrected chi connectivity index (χ4v) is 9.72. The minimum atomic E-state index is -0.964. The first-order chi connectivity index (χ1) is 27.4. The average molecular weight is 1190 g/mol. The Balaban J connectivity index is -0.000000649. The summed E-state index contributed by atoms with van der Waals surface area (Å²) >= 11 is 18.8. The van der Waals surface area contributed by atoms with E-state index in [9.17, 15) is 14.4 Å². The molecule has 1 aliphatic carbocycles. The standard InChI is InChI=1S/C8H18N2.C7H7BrO2S.C7H5N3O2S.C5H3BrO2S.C4H2Br2S.C3H4N2.F2.FH.Na.H2O/c1-9-7-5-3-4-6-8(7)10-2;1-2-10-7(9)5-3-11-4-6(5)8;11-7(12)5-3-13-4-6(5)10-8-1-2-9-10;6-4-2-9-1-3(4)5(7)8;5-3-1-7-2-4(3)6;1-2-5-3-4-1;1-2;;;/h7-10H,3-6H2,1-2H3;3-4H,2H2,1H3;1-4H,(H,11,12);1-2H,(H,7,8);1-2H;1-2H,3H2;;1H;;1H2/q;;;;;;;;+1;/p-1/t7-,8-;;;;;;;;;/m0........./s1. The third-order valence-corrected chi connectivity index (χ3v) is 14.3. The third kappa shape index (κ3) is 24.2. The number of aliphatic imine (C=N–C) groups is 2. The molecule has 0 amide bonds. The normalized spacial score (nSPS) is 13.8. The minimum Gasteiger partial charge on any atom is -0.870 e. The number of halogens is 7. The molecule has 5 aromatic heterocycles. The number of carbonyl (C=O) groups is 3. The van der Waals surface area contributed by atoms with Crippen LogP contribution in [0.4, 0.5) is 13.9 Å². The van der Waals surface area contributed by atoms with Gasteiger partial charge in [-0.05, 0) is 97.6 Å². The molecule has 0 bridgehead atoms. The Bertz CT molecular complexity index is 1900. The molecule has 328 valence electrons. The molecule has 1 fully saturated rings. The molecule has 14 nitrogen and oxygen atoms in total. The van der Waals surface area contributed by atoms with Gasteiger partial charge in [0.05, 0.1) is 35.7 Å². The number of nitrogens with one attached hydrogen (secondary N) is 2. The summed E-state index contributed by atoms with van der Waals surface area (Å²) in [5.74, 6) is -2.11. The van der Waals surface area contributed by atoms with Gasteiger partial charge in [0.2, 0.25) is 0 Å². The zero-order chi connectivity index (χ0) is 42.6. The summed E-state index contributed by atoms with van der Waals surface area (Å²) in [7, 11) is 4.11. The summed E-state index contributed by atoms with van der Waals surface area (Å²) < 4.78 is 24.5. The number of carbonyl (C=O) groups excluding carboxylic acids is 1. The van der Waals surface area contributed by atoms with E-state index in [-0.39, 0.29) is 51.3 Å². The fraction of sp³-hybridized carbons (Fsp3) is 0.324. The molecule has 2 aliphatic rings. The van der Waals surface area contributed by atoms with Crippen molar-refractivity contribution in [1.29, 1.82) is 0 Å². The molecule has 5 N–H and O–H groups in total. The summed E-state index contributed by atoms with van der Waals surface area (Å²) in [5.41, 5.74) is 1.67. The Morgan fingerprint density at radius 1 is 0.733 bits per heavy atom. The van der Waals surface area contributed by atoms with Crippen molar-refractivity contribution in [2.24, 2.45) is 9.98 Å². The van der Waals surface area contributed by atoms with Gasteiger partial charge in [-0.25, -0.2) is 14.4 Å². The van der Waals surface area contributed by atoms with Crippen LogP contribution in [0.25, 0.3) is 5.69 Å². The van der Waals surface area contributed by atoms with Crippen molar-refractivity contribution in [1.82, 2.24) is 25.6 Å². The van der Waals surface area contributed by atoms with E-state index in [4.69, 9.17) is 24.1 Å². The number of ether oxygens (including phenoxy) is 1. The maximum absolute atomic E-state index is 11.1. The summed E-state index contributed by atoms with van der Waals surface area (Å²) in [4.78, 5) is 40.8. The van der Waals surface area contributed by atoms with Crippen LogP contribution in [0.3, 0.4) is 0 Å². The van der Waals surface area contributed by atoms with Gasteiger partial charge in [0.25, 0.3) is 0 Å². The Morgan fingerprint density at radius 3 is 1.45 bits per heavy atom. The Labute approximate surface area is 416 Å². The SMILES string of the molecule is Brc1cscc1Br.C1=NCN=C1.CCOC(=O)c1cscc1Br.CN[C@H]1CCCC[C@@H]1NC.F.FF.O=C(O)c1cscc1-n1nccn1.O=C(O)c1cscc1Br.[Na+].[OH-]. The van der Waals surface area contributed by atoms with Crippen molar-refractivity contribution in [2.75, 3.05) is 27.4 Å². The van der Waals surface area contributed by atoms with Crippen LogP contribution in [0, 0.1) is 0 Å². The molecule has 0 spiro atoms. The number of likely N-dealkylation sites (N-methyl/N-ethyl adjacent to an activating group) is 2. The maximum atomic E-state index is 11.1. The molecule has 60 heavy (non-hydrogen) atoms. The largest absolute Gasteiger partial charge is 1.00 e. The second-order valence-corrected chi connectivity index (χ2v) is 16.9. The molecular weight excluding hydrogens is 1150 g/mol. The van der Waals surface area contributed by atoms with Gasteiger partial charge in [0.15, 0.2) is 0 Å². The Morgan fingerprint density at radius 2 is 1.13 bits per heavy atom. The van der Waals surface area contributed by atoms with Gasteiger partial charge < -0.3 is 31.1 Å². The van der Waals surface area contributed by atoms with Crippen molar-refractivity contribution in [3.8, 4) is 5.69 Å². The minimum absolute atomic E-state index is 0. The number of esters is 1. The van der Waals surface area contributed by atoms with E-state index in [1.165, 1.54) is 76.9 Å². The first-order valence-corrected chi connectivity index (χ1v) is 23.2. The van der Waals surface area contributed by atoms with E-state index in [1.807, 2.05) is 16.1 Å². The molecular formula is C34H41Br4F3N7NaO7S4. The molecule has 5 aromatic rings. The predicted octanol–water partition coefficient (Wildman–Crippen LogP) is 7.85. The van der Waals surface area contributed by atoms with Gasteiger partial charge in [-0.2, -0.15) is 44.2 Å². The maximum Gasteiger partial charge on any atom is 1.00 e. The number of carboxylic acid groups (broad SMARTS) is 2. The fourth-order valence-electron chi connectivity index (χ4n) is 4.34. The van der Waals surface area contributed by atoms with Crippen LogP contribution in [-0.4, -0.2) is 100 Å². The number of carboxylic acids is 2. The summed E-state index contributed by atoms with van der Waals surface area (Å²) in [6.45, 7) is 2.85. The zero-order valence-corrected chi connectivity index (χ0v) is 44.0. The van der Waals surface area contributed by atoms with Crippen LogP contribution in [0.15, 0.2) is 83.3 Å². The second kappa shape index (κ2) is 37.8. The topological polar surface area (TPSA) is 210 Å². The van der Waals surface area contributed by atoms with Gasteiger partial charge in [-0.3, -0.25) is 14.7 Å². The summed E-state index contributed by atoms with van der Waals surface area (Å²) in [6.07, 6.45) is 11.9. The van der Waals surface area contributed by atoms with E-state index < -0.39 is 11.9 Å². The van der Waals surface area contributed by atoms with Crippen LogP contribution in [0.1, 0.15) is 63.7 Å². The van der Waals surface area contributed by atoms with Crippen molar-refractivity contribution < 1.29 is 78.2 Å².